The van der Waals surface area contributed by atoms with Gasteiger partial charge in [-0.15, -0.1) is 0 Å². The fourth-order valence-corrected chi connectivity index (χ4v) is 4.76. The van der Waals surface area contributed by atoms with Crippen molar-refractivity contribution in [3.63, 3.8) is 0 Å². The molecule has 0 saturated carbocycles. The Kier molecular flexibility index (Phi) is 6.78. The number of methoxy groups -OCH3 is 1. The number of aromatic nitrogens is 3. The van der Waals surface area contributed by atoms with Crippen LogP contribution in [0.15, 0.2) is 67.5 Å². The second kappa shape index (κ2) is 10.3. The maximum atomic E-state index is 12.2. The van der Waals surface area contributed by atoms with Gasteiger partial charge in [0.1, 0.15) is 5.75 Å². The summed E-state index contributed by atoms with van der Waals surface area (Å²) in [6, 6.07) is 14.1. The normalized spacial score (nSPS) is 15.5. The van der Waals surface area contributed by atoms with Gasteiger partial charge in [-0.25, -0.2) is 9.97 Å². The molecule has 0 bridgehead atoms. The van der Waals surface area contributed by atoms with Crippen molar-refractivity contribution in [2.45, 2.75) is 12.5 Å². The van der Waals surface area contributed by atoms with Gasteiger partial charge in [-0.05, 0) is 44.3 Å². The van der Waals surface area contributed by atoms with Gasteiger partial charge in [0.05, 0.1) is 29.9 Å². The summed E-state index contributed by atoms with van der Waals surface area (Å²) in [5.74, 6) is 0.726. The molecule has 2 aromatic heterocycles. The van der Waals surface area contributed by atoms with E-state index in [-0.39, 0.29) is 11.9 Å². The molecule has 1 saturated heterocycles. The van der Waals surface area contributed by atoms with Crippen molar-refractivity contribution in [1.29, 1.82) is 0 Å². The summed E-state index contributed by atoms with van der Waals surface area (Å²) in [5, 5.41) is 10.9. The molecule has 3 heterocycles. The van der Waals surface area contributed by atoms with Crippen LogP contribution in [-0.4, -0.2) is 58.6 Å². The average Bonchev–Trinajstić information content (AvgIpc) is 3.48. The third kappa shape index (κ3) is 5.12. The average molecular weight is 498 g/mol. The van der Waals surface area contributed by atoms with Crippen molar-refractivity contribution >= 4 is 39.8 Å². The zero-order chi connectivity index (χ0) is 25.9. The highest BCUT2D eigenvalue weighted by Crippen LogP contribution is 2.37. The van der Waals surface area contributed by atoms with Gasteiger partial charge in [0.2, 0.25) is 11.9 Å². The lowest BCUT2D eigenvalue weighted by Gasteiger charge is -2.21. The fraction of sp³-hybridized carbons (Fsp3) is 0.250. The van der Waals surface area contributed by atoms with Crippen LogP contribution in [-0.2, 0) is 11.8 Å². The molecule has 190 valence electrons. The Balaban J connectivity index is 1.48. The lowest BCUT2D eigenvalue weighted by atomic mass is 10.1. The number of nitrogens with one attached hydrogen (secondary N) is 3. The number of likely N-dealkylation sites (tertiary alicyclic amines) is 1. The van der Waals surface area contributed by atoms with Crippen LogP contribution in [0.4, 0.5) is 23.0 Å². The Morgan fingerprint density at radius 1 is 1.16 bits per heavy atom. The van der Waals surface area contributed by atoms with Gasteiger partial charge in [-0.2, -0.15) is 0 Å². The number of fused-ring (bicyclic) bond motifs is 1. The van der Waals surface area contributed by atoms with Crippen LogP contribution >= 0.6 is 0 Å². The van der Waals surface area contributed by atoms with Gasteiger partial charge in [0.15, 0.2) is 0 Å². The molecular formula is C28H31N7O2. The number of carbonyl (C=O) groups excluding carboxylic acids is 1. The van der Waals surface area contributed by atoms with E-state index in [0.29, 0.717) is 23.1 Å². The third-order valence-corrected chi connectivity index (χ3v) is 6.61. The SMILES string of the molecule is C=CC(=O)Nc1cc(Nc2nccc(-c3cn(C)c4ccccc34)n2)c(OC)cc1NC1CCN(C)C1. The summed E-state index contributed by atoms with van der Waals surface area (Å²) in [6.07, 6.45) is 6.07. The summed E-state index contributed by atoms with van der Waals surface area (Å²) in [6.45, 7) is 5.53. The van der Waals surface area contributed by atoms with E-state index in [1.54, 1.807) is 13.3 Å². The number of hydrogen-bond acceptors (Lipinski definition) is 7. The Bertz CT molecular complexity index is 1460. The first-order valence-corrected chi connectivity index (χ1v) is 12.2. The lowest BCUT2D eigenvalue weighted by molar-refractivity contribution is -0.111. The maximum absolute atomic E-state index is 12.2. The molecule has 1 aliphatic rings. The Morgan fingerprint density at radius 2 is 2.00 bits per heavy atom. The van der Waals surface area contributed by atoms with E-state index < -0.39 is 0 Å². The van der Waals surface area contributed by atoms with E-state index >= 15 is 0 Å². The summed E-state index contributed by atoms with van der Waals surface area (Å²) < 4.78 is 7.79. The first-order valence-electron chi connectivity index (χ1n) is 12.2. The van der Waals surface area contributed by atoms with Crippen molar-refractivity contribution in [3.05, 3.63) is 67.5 Å². The summed E-state index contributed by atoms with van der Waals surface area (Å²) >= 11 is 0. The number of ether oxygens (including phenoxy) is 1. The molecule has 37 heavy (non-hydrogen) atoms. The lowest BCUT2D eigenvalue weighted by Crippen LogP contribution is -2.24. The molecule has 1 atom stereocenters. The van der Waals surface area contributed by atoms with Crippen molar-refractivity contribution in [3.8, 4) is 17.0 Å². The largest absolute Gasteiger partial charge is 0.494 e. The second-order valence-electron chi connectivity index (χ2n) is 9.24. The third-order valence-electron chi connectivity index (χ3n) is 6.61. The van der Waals surface area contributed by atoms with Crippen LogP contribution in [0.5, 0.6) is 5.75 Å². The van der Waals surface area contributed by atoms with Crippen LogP contribution in [0.3, 0.4) is 0 Å². The van der Waals surface area contributed by atoms with Gasteiger partial charge in [0.25, 0.3) is 0 Å². The fourth-order valence-electron chi connectivity index (χ4n) is 4.76. The number of rotatable bonds is 8. The van der Waals surface area contributed by atoms with E-state index in [9.17, 15) is 4.79 Å². The number of benzene rings is 2. The number of likely N-dealkylation sites (N-methyl/N-ethyl adjacent to an activating group) is 1. The van der Waals surface area contributed by atoms with Crippen LogP contribution in [0.2, 0.25) is 0 Å². The molecule has 4 aromatic rings. The smallest absolute Gasteiger partial charge is 0.247 e. The van der Waals surface area contributed by atoms with Crippen molar-refractivity contribution in [1.82, 2.24) is 19.4 Å². The van der Waals surface area contributed by atoms with Crippen LogP contribution in [0.1, 0.15) is 6.42 Å². The molecule has 0 radical (unpaired) electrons. The minimum atomic E-state index is -0.295. The van der Waals surface area contributed by atoms with Crippen LogP contribution in [0, 0.1) is 0 Å². The highest BCUT2D eigenvalue weighted by molar-refractivity contribution is 6.02. The number of carbonyl (C=O) groups is 1. The molecule has 1 fully saturated rings. The Morgan fingerprint density at radius 3 is 2.76 bits per heavy atom. The van der Waals surface area contributed by atoms with E-state index in [0.717, 1.165) is 47.4 Å². The van der Waals surface area contributed by atoms with Gasteiger partial charge >= 0.3 is 0 Å². The first-order chi connectivity index (χ1) is 17.9. The predicted molar refractivity (Wildman–Crippen MR) is 149 cm³/mol. The van der Waals surface area contributed by atoms with E-state index in [2.05, 4.69) is 62.4 Å². The number of anilines is 4. The highest BCUT2D eigenvalue weighted by atomic mass is 16.5. The minimum Gasteiger partial charge on any atom is -0.494 e. The number of amides is 1. The molecule has 2 aromatic carbocycles. The second-order valence-corrected chi connectivity index (χ2v) is 9.24. The monoisotopic (exact) mass is 497 g/mol. The molecule has 0 spiro atoms. The minimum absolute atomic E-state index is 0.272. The van der Waals surface area contributed by atoms with Gasteiger partial charge in [0, 0.05) is 54.6 Å². The predicted octanol–water partition coefficient (Wildman–Crippen LogP) is 4.63. The number of para-hydroxylation sites is 1. The Labute approximate surface area is 216 Å². The highest BCUT2D eigenvalue weighted by Gasteiger charge is 2.22. The first kappa shape index (κ1) is 24.3. The molecular weight excluding hydrogens is 466 g/mol. The number of hydrogen-bond donors (Lipinski definition) is 3. The van der Waals surface area contributed by atoms with Crippen LogP contribution in [0.25, 0.3) is 22.2 Å². The standard InChI is InChI=1S/C28H31N7O2/c1-5-27(36)31-22-14-24(26(37-4)15-23(22)30-18-11-13-34(2)16-18)33-28-29-12-10-21(32-28)20-17-35(3)25-9-7-6-8-19(20)25/h5-10,12,14-15,17-18,30H,1,11,13,16H2,2-4H3,(H,31,36)(H,29,32,33). The molecule has 1 amide bonds. The topological polar surface area (TPSA) is 96.3 Å². The molecule has 1 aliphatic heterocycles. The van der Waals surface area contributed by atoms with E-state index in [4.69, 9.17) is 9.72 Å². The van der Waals surface area contributed by atoms with Crippen molar-refractivity contribution in [2.24, 2.45) is 7.05 Å². The quantitative estimate of drug-likeness (QED) is 0.306. The summed E-state index contributed by atoms with van der Waals surface area (Å²) in [4.78, 5) is 23.7. The number of aryl methyl sites for hydroxylation is 1. The van der Waals surface area contributed by atoms with Gasteiger partial charge < -0.3 is 30.2 Å². The van der Waals surface area contributed by atoms with Crippen molar-refractivity contribution in [2.75, 3.05) is 43.2 Å². The maximum Gasteiger partial charge on any atom is 0.247 e. The molecule has 5 rings (SSSR count). The van der Waals surface area contributed by atoms with Gasteiger partial charge in [-0.1, -0.05) is 24.8 Å². The molecule has 0 aliphatic carbocycles. The van der Waals surface area contributed by atoms with E-state index in [1.807, 2.05) is 37.4 Å². The summed E-state index contributed by atoms with van der Waals surface area (Å²) in [5.41, 5.74) is 4.99. The van der Waals surface area contributed by atoms with Crippen LogP contribution < -0.4 is 20.7 Å². The molecule has 1 unspecified atom stereocenters. The Hall–Kier alpha value is -4.37. The summed E-state index contributed by atoms with van der Waals surface area (Å²) in [7, 11) is 5.74. The zero-order valence-corrected chi connectivity index (χ0v) is 21.3. The van der Waals surface area contributed by atoms with Gasteiger partial charge in [-0.3, -0.25) is 4.79 Å². The van der Waals surface area contributed by atoms with Crippen molar-refractivity contribution < 1.29 is 9.53 Å². The molecule has 9 heteroatoms. The zero-order valence-electron chi connectivity index (χ0n) is 21.3. The number of nitrogens with zero attached hydrogens (tertiary/aromatic N) is 4. The molecule has 3 N–H and O–H groups in total. The molecule has 9 nitrogen and oxygen atoms in total. The van der Waals surface area contributed by atoms with E-state index in [1.165, 1.54) is 6.08 Å².